The molecule has 0 saturated heterocycles. The van der Waals surface area contributed by atoms with Gasteiger partial charge in [0, 0.05) is 12.1 Å². The summed E-state index contributed by atoms with van der Waals surface area (Å²) in [5, 5.41) is 3.61. The highest BCUT2D eigenvalue weighted by Gasteiger charge is 2.15. The molecule has 110 valence electrons. The minimum Gasteiger partial charge on any atom is -0.308 e. The lowest BCUT2D eigenvalue weighted by atomic mass is 9.95. The average Bonchev–Trinajstić information content (AvgIpc) is 2.52. The first kappa shape index (κ1) is 15.5. The molecule has 1 nitrogen and oxygen atoms in total. The van der Waals surface area contributed by atoms with Gasteiger partial charge >= 0.3 is 0 Å². The highest BCUT2D eigenvalue weighted by Crippen LogP contribution is 2.13. The van der Waals surface area contributed by atoms with Gasteiger partial charge in [-0.2, -0.15) is 0 Å². The van der Waals surface area contributed by atoms with Crippen LogP contribution in [0.15, 0.2) is 66.7 Å². The Kier molecular flexibility index (Phi) is 5.77. The molecule has 2 rings (SSSR count). The van der Waals surface area contributed by atoms with Gasteiger partial charge in [0.15, 0.2) is 0 Å². The Balaban J connectivity index is 1.75. The first-order chi connectivity index (χ1) is 10.2. The van der Waals surface area contributed by atoms with E-state index in [4.69, 9.17) is 0 Å². The van der Waals surface area contributed by atoms with Crippen LogP contribution in [0.4, 0.5) is 0 Å². The summed E-state index contributed by atoms with van der Waals surface area (Å²) in [5.74, 6) is 0. The van der Waals surface area contributed by atoms with E-state index in [1.54, 1.807) is 0 Å². The highest BCUT2D eigenvalue weighted by atomic mass is 14.9. The monoisotopic (exact) mass is 279 g/mol. The van der Waals surface area contributed by atoms with E-state index in [1.165, 1.54) is 11.1 Å². The molecule has 0 unspecified atom stereocenters. The van der Waals surface area contributed by atoms with E-state index in [0.717, 1.165) is 19.4 Å². The van der Waals surface area contributed by atoms with E-state index in [0.29, 0.717) is 0 Å². The van der Waals surface area contributed by atoms with E-state index in [9.17, 15) is 0 Å². The number of hydrogen-bond acceptors (Lipinski definition) is 1. The normalized spacial score (nSPS) is 11.9. The molecule has 1 N–H and O–H groups in total. The lowest BCUT2D eigenvalue weighted by Gasteiger charge is -2.25. The van der Waals surface area contributed by atoms with Crippen molar-refractivity contribution in [3.05, 3.63) is 77.9 Å². The number of aryl methyl sites for hydroxylation is 1. The van der Waals surface area contributed by atoms with Crippen LogP contribution in [0.2, 0.25) is 0 Å². The molecule has 0 aliphatic carbocycles. The van der Waals surface area contributed by atoms with Gasteiger partial charge in [-0.3, -0.25) is 0 Å². The zero-order valence-electron chi connectivity index (χ0n) is 13.0. The lowest BCUT2D eigenvalue weighted by Crippen LogP contribution is -2.39. The second-order valence-electron chi connectivity index (χ2n) is 6.06. The van der Waals surface area contributed by atoms with E-state index < -0.39 is 0 Å². The van der Waals surface area contributed by atoms with Gasteiger partial charge in [0.25, 0.3) is 0 Å². The fraction of sp³-hybridized carbons (Fsp3) is 0.300. The Morgan fingerprint density at radius 3 is 2.19 bits per heavy atom. The Bertz CT molecular complexity index is 541. The summed E-state index contributed by atoms with van der Waals surface area (Å²) in [6.45, 7) is 5.44. The third-order valence-corrected chi connectivity index (χ3v) is 3.69. The molecule has 2 aromatic carbocycles. The molecule has 0 saturated carbocycles. The fourth-order valence-corrected chi connectivity index (χ4v) is 2.28. The molecule has 2 aromatic rings. The zero-order valence-corrected chi connectivity index (χ0v) is 13.0. The van der Waals surface area contributed by atoms with Crippen molar-refractivity contribution in [1.82, 2.24) is 5.32 Å². The summed E-state index contributed by atoms with van der Waals surface area (Å²) in [6.07, 6.45) is 6.61. The van der Waals surface area contributed by atoms with Gasteiger partial charge in [0.2, 0.25) is 0 Å². The topological polar surface area (TPSA) is 12.0 Å². The van der Waals surface area contributed by atoms with E-state index >= 15 is 0 Å². The Labute approximate surface area is 128 Å². The fourth-order valence-electron chi connectivity index (χ4n) is 2.28. The second-order valence-corrected chi connectivity index (χ2v) is 6.06. The largest absolute Gasteiger partial charge is 0.308 e. The van der Waals surface area contributed by atoms with Gasteiger partial charge in [-0.25, -0.2) is 0 Å². The van der Waals surface area contributed by atoms with Gasteiger partial charge < -0.3 is 5.32 Å². The minimum absolute atomic E-state index is 0.150. The third-order valence-electron chi connectivity index (χ3n) is 3.69. The van der Waals surface area contributed by atoms with Crippen LogP contribution < -0.4 is 5.32 Å². The van der Waals surface area contributed by atoms with Crippen molar-refractivity contribution in [2.75, 3.05) is 6.54 Å². The standard InChI is InChI=1S/C20H25N/c1-20(2,16-15-19-12-7-4-8-13-19)21-17-9-14-18-10-5-3-6-11-18/h3-14,21H,15-17H2,1-2H3/b14-9+. The van der Waals surface area contributed by atoms with Crippen molar-refractivity contribution in [2.24, 2.45) is 0 Å². The van der Waals surface area contributed by atoms with Crippen LogP contribution in [0.5, 0.6) is 0 Å². The van der Waals surface area contributed by atoms with Gasteiger partial charge in [-0.05, 0) is 37.8 Å². The Morgan fingerprint density at radius 1 is 0.905 bits per heavy atom. The molecule has 0 amide bonds. The van der Waals surface area contributed by atoms with Crippen molar-refractivity contribution in [2.45, 2.75) is 32.2 Å². The van der Waals surface area contributed by atoms with Crippen molar-refractivity contribution in [3.8, 4) is 0 Å². The molecular formula is C20H25N. The molecule has 0 radical (unpaired) electrons. The lowest BCUT2D eigenvalue weighted by molar-refractivity contribution is 0.379. The van der Waals surface area contributed by atoms with Crippen LogP contribution in [-0.4, -0.2) is 12.1 Å². The summed E-state index contributed by atoms with van der Waals surface area (Å²) in [7, 11) is 0. The summed E-state index contributed by atoms with van der Waals surface area (Å²) < 4.78 is 0. The number of nitrogens with one attached hydrogen (secondary N) is 1. The van der Waals surface area contributed by atoms with Crippen LogP contribution in [0.3, 0.4) is 0 Å². The van der Waals surface area contributed by atoms with Crippen LogP contribution in [-0.2, 0) is 6.42 Å². The summed E-state index contributed by atoms with van der Waals surface area (Å²) in [6, 6.07) is 21.1. The minimum atomic E-state index is 0.150. The first-order valence-corrected chi connectivity index (χ1v) is 7.66. The molecule has 1 heteroatoms. The molecule has 0 fully saturated rings. The molecule has 0 aromatic heterocycles. The average molecular weight is 279 g/mol. The van der Waals surface area contributed by atoms with Crippen molar-refractivity contribution in [3.63, 3.8) is 0 Å². The summed E-state index contributed by atoms with van der Waals surface area (Å²) in [4.78, 5) is 0. The zero-order chi connectivity index (χ0) is 15.0. The van der Waals surface area contributed by atoms with Crippen LogP contribution in [0.1, 0.15) is 31.4 Å². The van der Waals surface area contributed by atoms with Crippen molar-refractivity contribution >= 4 is 6.08 Å². The quantitative estimate of drug-likeness (QED) is 0.774. The maximum atomic E-state index is 3.61. The van der Waals surface area contributed by atoms with E-state index in [2.05, 4.69) is 85.9 Å². The third kappa shape index (κ3) is 5.97. The van der Waals surface area contributed by atoms with Gasteiger partial charge in [0.1, 0.15) is 0 Å². The van der Waals surface area contributed by atoms with Crippen LogP contribution >= 0.6 is 0 Å². The number of benzene rings is 2. The van der Waals surface area contributed by atoms with Gasteiger partial charge in [-0.15, -0.1) is 0 Å². The molecular weight excluding hydrogens is 254 g/mol. The van der Waals surface area contributed by atoms with Crippen molar-refractivity contribution < 1.29 is 0 Å². The molecule has 0 heterocycles. The molecule has 0 bridgehead atoms. The Hall–Kier alpha value is -1.86. The number of rotatable bonds is 7. The highest BCUT2D eigenvalue weighted by molar-refractivity contribution is 5.48. The maximum absolute atomic E-state index is 3.61. The first-order valence-electron chi connectivity index (χ1n) is 7.66. The summed E-state index contributed by atoms with van der Waals surface area (Å²) >= 11 is 0. The molecule has 0 atom stereocenters. The van der Waals surface area contributed by atoms with E-state index in [-0.39, 0.29) is 5.54 Å². The molecule has 21 heavy (non-hydrogen) atoms. The predicted octanol–water partition coefficient (Wildman–Crippen LogP) is 4.70. The van der Waals surface area contributed by atoms with Gasteiger partial charge in [-0.1, -0.05) is 72.8 Å². The summed E-state index contributed by atoms with van der Waals surface area (Å²) in [5.41, 5.74) is 2.81. The van der Waals surface area contributed by atoms with Crippen molar-refractivity contribution in [1.29, 1.82) is 0 Å². The molecule has 0 spiro atoms. The Morgan fingerprint density at radius 2 is 1.52 bits per heavy atom. The molecule has 0 aliphatic rings. The SMILES string of the molecule is CC(C)(CCc1ccccc1)NC/C=C/c1ccccc1. The number of hydrogen-bond donors (Lipinski definition) is 1. The predicted molar refractivity (Wildman–Crippen MR) is 92.3 cm³/mol. The van der Waals surface area contributed by atoms with Gasteiger partial charge in [0.05, 0.1) is 0 Å². The second kappa shape index (κ2) is 7.80. The maximum Gasteiger partial charge on any atom is 0.0143 e. The smallest absolute Gasteiger partial charge is 0.0143 e. The van der Waals surface area contributed by atoms with E-state index in [1.807, 2.05) is 6.07 Å². The molecule has 0 aliphatic heterocycles. The van der Waals surface area contributed by atoms with Crippen LogP contribution in [0.25, 0.3) is 6.08 Å². The van der Waals surface area contributed by atoms with Crippen LogP contribution in [0, 0.1) is 0 Å².